The van der Waals surface area contributed by atoms with Crippen molar-refractivity contribution in [1.82, 2.24) is 19.4 Å². The second-order valence-electron chi connectivity index (χ2n) is 9.25. The summed E-state index contributed by atoms with van der Waals surface area (Å²) in [5.74, 6) is 1.19. The maximum Gasteiger partial charge on any atom is 0.277 e. The van der Waals surface area contributed by atoms with E-state index in [2.05, 4.69) is 46.9 Å². The molecule has 1 aliphatic heterocycles. The molecule has 1 amide bonds. The number of fused-ring (bicyclic) bond motifs is 3. The Morgan fingerprint density at radius 2 is 1.75 bits per heavy atom. The largest absolute Gasteiger partial charge is 0.493 e. The Bertz CT molecular complexity index is 1500. The third-order valence-corrected chi connectivity index (χ3v) is 6.97. The molecule has 1 fully saturated rings. The molecular weight excluding hydrogens is 458 g/mol. The highest BCUT2D eigenvalue weighted by atomic mass is 16.5. The summed E-state index contributed by atoms with van der Waals surface area (Å²) in [5, 5.41) is 0.782. The van der Waals surface area contributed by atoms with Crippen LogP contribution < -0.4 is 19.9 Å². The molecule has 1 N–H and O–H groups in total. The average Bonchev–Trinajstić information content (AvgIpc) is 3.25. The van der Waals surface area contributed by atoms with Crippen LogP contribution in [0.3, 0.4) is 0 Å². The van der Waals surface area contributed by atoms with E-state index in [1.807, 2.05) is 11.0 Å². The number of anilines is 1. The summed E-state index contributed by atoms with van der Waals surface area (Å²) < 4.78 is 12.2. The van der Waals surface area contributed by atoms with E-state index in [1.54, 1.807) is 20.3 Å². The highest BCUT2D eigenvalue weighted by molar-refractivity contribution is 6.05. The van der Waals surface area contributed by atoms with E-state index in [-0.39, 0.29) is 24.4 Å². The number of H-pyrrole nitrogens is 1. The van der Waals surface area contributed by atoms with Gasteiger partial charge in [0.1, 0.15) is 11.0 Å². The van der Waals surface area contributed by atoms with E-state index in [4.69, 9.17) is 9.47 Å². The summed E-state index contributed by atoms with van der Waals surface area (Å²) in [6.45, 7) is 7.44. The Labute approximate surface area is 209 Å². The number of nitrogens with zero attached hydrogens (tertiary/aromatic N) is 4. The highest BCUT2D eigenvalue weighted by Crippen LogP contribution is 2.34. The predicted octanol–water partition coefficient (Wildman–Crippen LogP) is 3.25. The quantitative estimate of drug-likeness (QED) is 0.447. The van der Waals surface area contributed by atoms with Gasteiger partial charge >= 0.3 is 0 Å². The van der Waals surface area contributed by atoms with Gasteiger partial charge in [0, 0.05) is 56.3 Å². The summed E-state index contributed by atoms with van der Waals surface area (Å²) >= 11 is 0. The van der Waals surface area contributed by atoms with Crippen molar-refractivity contribution in [3.8, 4) is 11.5 Å². The monoisotopic (exact) mass is 489 g/mol. The lowest BCUT2D eigenvalue weighted by atomic mass is 10.1. The van der Waals surface area contributed by atoms with Crippen molar-refractivity contribution >= 4 is 33.5 Å². The van der Waals surface area contributed by atoms with Crippen LogP contribution in [0.5, 0.6) is 11.5 Å². The van der Waals surface area contributed by atoms with Crippen LogP contribution in [0.15, 0.2) is 41.5 Å². The van der Waals surface area contributed by atoms with Gasteiger partial charge in [0.15, 0.2) is 11.5 Å². The Hall–Kier alpha value is -4.01. The van der Waals surface area contributed by atoms with Gasteiger partial charge in [-0.2, -0.15) is 0 Å². The smallest absolute Gasteiger partial charge is 0.277 e. The zero-order chi connectivity index (χ0) is 25.4. The second kappa shape index (κ2) is 9.56. The molecule has 36 heavy (non-hydrogen) atoms. The number of rotatable bonds is 6. The number of nitrogens with one attached hydrogen (secondary N) is 1. The van der Waals surface area contributed by atoms with E-state index in [9.17, 15) is 9.59 Å². The van der Waals surface area contributed by atoms with Crippen molar-refractivity contribution in [3.63, 3.8) is 0 Å². The summed E-state index contributed by atoms with van der Waals surface area (Å²) in [7, 11) is 3.14. The molecule has 4 aromatic rings. The molecule has 2 aromatic heterocycles. The average molecular weight is 490 g/mol. The lowest BCUT2D eigenvalue weighted by Crippen LogP contribution is -2.49. The van der Waals surface area contributed by atoms with Gasteiger partial charge in [-0.05, 0) is 31.5 Å². The third-order valence-electron chi connectivity index (χ3n) is 6.97. The molecule has 1 aliphatic rings. The zero-order valence-corrected chi connectivity index (χ0v) is 21.1. The van der Waals surface area contributed by atoms with E-state index in [0.717, 1.165) is 24.0 Å². The maximum atomic E-state index is 13.1. The minimum Gasteiger partial charge on any atom is -0.493 e. The summed E-state index contributed by atoms with van der Waals surface area (Å²) in [4.78, 5) is 38.0. The van der Waals surface area contributed by atoms with Crippen molar-refractivity contribution in [2.24, 2.45) is 0 Å². The number of methoxy groups -OCH3 is 2. The first-order valence-corrected chi connectivity index (χ1v) is 12.1. The molecule has 0 atom stereocenters. The van der Waals surface area contributed by atoms with Crippen LogP contribution >= 0.6 is 0 Å². The van der Waals surface area contributed by atoms with Crippen molar-refractivity contribution in [2.45, 2.75) is 26.8 Å². The van der Waals surface area contributed by atoms with Crippen LogP contribution in [0.1, 0.15) is 17.5 Å². The van der Waals surface area contributed by atoms with Crippen molar-refractivity contribution in [1.29, 1.82) is 0 Å². The van der Waals surface area contributed by atoms with Gasteiger partial charge in [0.25, 0.3) is 5.56 Å². The number of carbonyl (C=O) groups excluding carboxylic acids is 1. The maximum absolute atomic E-state index is 13.1. The minimum atomic E-state index is -0.207. The minimum absolute atomic E-state index is 0.0494. The van der Waals surface area contributed by atoms with Crippen molar-refractivity contribution < 1.29 is 14.3 Å². The van der Waals surface area contributed by atoms with Gasteiger partial charge in [-0.3, -0.25) is 14.2 Å². The first-order chi connectivity index (χ1) is 17.4. The molecule has 2 aromatic carbocycles. The molecule has 5 rings (SSSR count). The lowest BCUT2D eigenvalue weighted by molar-refractivity contribution is -0.131. The van der Waals surface area contributed by atoms with Gasteiger partial charge < -0.3 is 24.3 Å². The number of aromatic nitrogens is 3. The normalized spacial score (nSPS) is 14.0. The standard InChI is InChI=1S/C27H31N5O4/c1-17-5-6-21(18(2)13-17)30-9-11-31(12-10-30)24(33)7-8-32-16-28-25-19-14-22(35-3)23(36-4)15-20(19)29-26(25)27(32)34/h5-6,13-16,29H,7-12H2,1-4H3. The Kier molecular flexibility index (Phi) is 6.30. The van der Waals surface area contributed by atoms with Gasteiger partial charge in [-0.15, -0.1) is 0 Å². The number of amides is 1. The van der Waals surface area contributed by atoms with Crippen LogP contribution in [0, 0.1) is 13.8 Å². The third kappa shape index (κ3) is 4.25. The van der Waals surface area contributed by atoms with Gasteiger partial charge in [0.05, 0.1) is 26.1 Å². The number of benzene rings is 2. The number of aryl methyl sites for hydroxylation is 3. The topological polar surface area (TPSA) is 92.7 Å². The second-order valence-corrected chi connectivity index (χ2v) is 9.25. The van der Waals surface area contributed by atoms with Crippen LogP contribution in [0.2, 0.25) is 0 Å². The molecule has 0 spiro atoms. The van der Waals surface area contributed by atoms with Crippen LogP contribution in [-0.4, -0.2) is 65.7 Å². The van der Waals surface area contributed by atoms with Crippen LogP contribution in [0.25, 0.3) is 21.9 Å². The zero-order valence-electron chi connectivity index (χ0n) is 21.1. The van der Waals surface area contributed by atoms with E-state index in [1.165, 1.54) is 27.7 Å². The number of aromatic amines is 1. The summed E-state index contributed by atoms with van der Waals surface area (Å²) in [6, 6.07) is 10.1. The fraction of sp³-hybridized carbons (Fsp3) is 0.370. The molecule has 0 radical (unpaired) electrons. The van der Waals surface area contributed by atoms with Crippen LogP contribution in [-0.2, 0) is 11.3 Å². The number of ether oxygens (including phenoxy) is 2. The number of piperazine rings is 1. The van der Waals surface area contributed by atoms with Crippen molar-refractivity contribution in [2.75, 3.05) is 45.3 Å². The van der Waals surface area contributed by atoms with Crippen LogP contribution in [0.4, 0.5) is 5.69 Å². The molecule has 9 nitrogen and oxygen atoms in total. The molecule has 0 aliphatic carbocycles. The SMILES string of the molecule is COc1cc2[nH]c3c(=O)n(CCC(=O)N4CCN(c5ccc(C)cc5C)CC4)cnc3c2cc1OC. The van der Waals surface area contributed by atoms with E-state index >= 15 is 0 Å². The fourth-order valence-corrected chi connectivity index (χ4v) is 5.01. The van der Waals surface area contributed by atoms with E-state index in [0.29, 0.717) is 35.6 Å². The summed E-state index contributed by atoms with van der Waals surface area (Å²) in [5.41, 5.74) is 5.24. The van der Waals surface area contributed by atoms with Gasteiger partial charge in [0.2, 0.25) is 5.91 Å². The predicted molar refractivity (Wildman–Crippen MR) is 140 cm³/mol. The number of hydrogen-bond donors (Lipinski definition) is 1. The highest BCUT2D eigenvalue weighted by Gasteiger charge is 2.22. The molecular formula is C27H31N5O4. The molecule has 9 heteroatoms. The van der Waals surface area contributed by atoms with Gasteiger partial charge in [-0.1, -0.05) is 17.7 Å². The molecule has 0 bridgehead atoms. The first kappa shape index (κ1) is 23.7. The Morgan fingerprint density at radius 3 is 2.44 bits per heavy atom. The molecule has 0 saturated carbocycles. The van der Waals surface area contributed by atoms with E-state index < -0.39 is 0 Å². The Balaban J connectivity index is 1.27. The fourth-order valence-electron chi connectivity index (χ4n) is 5.01. The Morgan fingerprint density at radius 1 is 1.03 bits per heavy atom. The first-order valence-electron chi connectivity index (χ1n) is 12.1. The van der Waals surface area contributed by atoms with Crippen molar-refractivity contribution in [3.05, 3.63) is 58.1 Å². The molecule has 1 saturated heterocycles. The molecule has 188 valence electrons. The summed E-state index contributed by atoms with van der Waals surface area (Å²) in [6.07, 6.45) is 1.76. The van der Waals surface area contributed by atoms with Gasteiger partial charge in [-0.25, -0.2) is 4.98 Å². The molecule has 0 unspecified atom stereocenters. The number of hydrogen-bond acceptors (Lipinski definition) is 6. The lowest BCUT2D eigenvalue weighted by Gasteiger charge is -2.37. The number of carbonyl (C=O) groups is 1. The molecule has 3 heterocycles.